The van der Waals surface area contributed by atoms with E-state index in [1.165, 1.54) is 18.2 Å². The molecule has 0 aliphatic heterocycles. The number of hydrogen-bond donors (Lipinski definition) is 2. The van der Waals surface area contributed by atoms with Gasteiger partial charge in [0.1, 0.15) is 11.6 Å². The molecule has 0 spiro atoms. The van der Waals surface area contributed by atoms with Crippen molar-refractivity contribution < 1.29 is 18.4 Å². The number of carbonyl (C=O) groups is 2. The van der Waals surface area contributed by atoms with Crippen molar-refractivity contribution in [1.82, 2.24) is 20.1 Å². The fraction of sp³-hybridized carbons (Fsp3) is 0.0909. The van der Waals surface area contributed by atoms with Crippen LogP contribution in [0.15, 0.2) is 76.5 Å². The lowest BCUT2D eigenvalue weighted by Crippen LogP contribution is -2.35. The number of aromatic nitrogens is 3. The molecule has 2 N–H and O–H groups in total. The second-order valence-electron chi connectivity index (χ2n) is 6.75. The highest BCUT2D eigenvalue weighted by atomic mass is 35.5. The number of anilines is 1. The van der Waals surface area contributed by atoms with E-state index in [4.69, 9.17) is 16.0 Å². The zero-order valence-electron chi connectivity index (χ0n) is 17.0. The van der Waals surface area contributed by atoms with E-state index in [0.717, 1.165) is 17.3 Å². The van der Waals surface area contributed by atoms with Crippen molar-refractivity contribution in [3.8, 4) is 11.4 Å². The van der Waals surface area contributed by atoms with Crippen LogP contribution in [-0.4, -0.2) is 32.5 Å². The summed E-state index contributed by atoms with van der Waals surface area (Å²) in [5, 5.41) is 14.0. The summed E-state index contributed by atoms with van der Waals surface area (Å²) in [6.07, 6.45) is 1.57. The number of imide groups is 1. The average molecular weight is 486 g/mol. The number of urea groups is 1. The highest BCUT2D eigenvalue weighted by Crippen LogP contribution is 2.26. The molecule has 0 atom stereocenters. The lowest BCUT2D eigenvalue weighted by atomic mass is 10.2. The number of rotatable bonds is 7. The minimum Gasteiger partial charge on any atom is -0.467 e. The van der Waals surface area contributed by atoms with Crippen molar-refractivity contribution in [3.63, 3.8) is 0 Å². The number of halogens is 2. The van der Waals surface area contributed by atoms with Crippen molar-refractivity contribution in [2.75, 3.05) is 11.1 Å². The van der Waals surface area contributed by atoms with Gasteiger partial charge in [0.2, 0.25) is 5.91 Å². The van der Waals surface area contributed by atoms with E-state index in [-0.39, 0.29) is 11.4 Å². The first-order valence-corrected chi connectivity index (χ1v) is 11.1. The maximum atomic E-state index is 13.7. The molecule has 2 aromatic carbocycles. The molecule has 0 saturated heterocycles. The second kappa shape index (κ2) is 10.3. The summed E-state index contributed by atoms with van der Waals surface area (Å²) in [6.45, 7) is 0.343. The molecule has 33 heavy (non-hydrogen) atoms. The Morgan fingerprint density at radius 1 is 1.06 bits per heavy atom. The van der Waals surface area contributed by atoms with Crippen molar-refractivity contribution in [2.45, 2.75) is 11.7 Å². The van der Waals surface area contributed by atoms with Crippen LogP contribution in [0.1, 0.15) is 5.76 Å². The van der Waals surface area contributed by atoms with E-state index in [1.807, 2.05) is 18.2 Å². The number of amides is 3. The van der Waals surface area contributed by atoms with Crippen molar-refractivity contribution >= 4 is 41.0 Å². The van der Waals surface area contributed by atoms with Crippen LogP contribution in [0.4, 0.5) is 14.9 Å². The van der Waals surface area contributed by atoms with Crippen LogP contribution in [-0.2, 0) is 11.3 Å². The van der Waals surface area contributed by atoms with Crippen LogP contribution < -0.4 is 10.6 Å². The summed E-state index contributed by atoms with van der Waals surface area (Å²) < 4.78 is 20.9. The van der Waals surface area contributed by atoms with Gasteiger partial charge in [-0.05, 0) is 48.5 Å². The smallest absolute Gasteiger partial charge is 0.325 e. The molecule has 0 bridgehead atoms. The SMILES string of the molecule is O=C(CSc1nnc(-c2ccc(Cl)cc2)n1Cc1ccco1)NC(=O)Nc1ccccc1F. The summed E-state index contributed by atoms with van der Waals surface area (Å²) in [4.78, 5) is 24.3. The number of benzene rings is 2. The summed E-state index contributed by atoms with van der Waals surface area (Å²) in [6, 6.07) is 15.6. The molecule has 4 rings (SSSR count). The Bertz CT molecular complexity index is 1260. The number of furan rings is 1. The number of thioether (sulfide) groups is 1. The van der Waals surface area contributed by atoms with Crippen molar-refractivity contribution in [2.24, 2.45) is 0 Å². The third-order valence-corrected chi connectivity index (χ3v) is 5.64. The quantitative estimate of drug-likeness (QED) is 0.364. The van der Waals surface area contributed by atoms with Gasteiger partial charge in [-0.25, -0.2) is 9.18 Å². The van der Waals surface area contributed by atoms with Crippen molar-refractivity contribution in [1.29, 1.82) is 0 Å². The highest BCUT2D eigenvalue weighted by Gasteiger charge is 2.18. The van der Waals surface area contributed by atoms with Crippen LogP contribution in [0.25, 0.3) is 11.4 Å². The first kappa shape index (κ1) is 22.6. The standard InChI is InChI=1S/C22H17ClFN5O3S/c23-15-9-7-14(8-10-15)20-27-28-22(29(20)12-16-4-3-11-32-16)33-13-19(30)26-21(31)25-18-6-2-1-5-17(18)24/h1-11H,12-13H2,(H2,25,26,30,31). The molecule has 0 saturated carbocycles. The first-order chi connectivity index (χ1) is 16.0. The zero-order valence-corrected chi connectivity index (χ0v) is 18.6. The van der Waals surface area contributed by atoms with Crippen LogP contribution in [0.3, 0.4) is 0 Å². The van der Waals surface area contributed by atoms with Gasteiger partial charge < -0.3 is 9.73 Å². The topological polar surface area (TPSA) is 102 Å². The van der Waals surface area contributed by atoms with Gasteiger partial charge in [-0.1, -0.05) is 35.5 Å². The van der Waals surface area contributed by atoms with Gasteiger partial charge in [0.05, 0.1) is 24.2 Å². The molecule has 11 heteroatoms. The Hall–Kier alpha value is -3.63. The second-order valence-corrected chi connectivity index (χ2v) is 8.13. The van der Waals surface area contributed by atoms with E-state index < -0.39 is 17.8 Å². The van der Waals surface area contributed by atoms with Crippen molar-refractivity contribution in [3.05, 3.63) is 83.5 Å². The summed E-state index contributed by atoms with van der Waals surface area (Å²) in [5.41, 5.74) is 0.764. The normalized spacial score (nSPS) is 10.7. The minimum atomic E-state index is -0.829. The molecular weight excluding hydrogens is 469 g/mol. The molecule has 0 aliphatic carbocycles. The largest absolute Gasteiger partial charge is 0.467 e. The number of nitrogens with one attached hydrogen (secondary N) is 2. The van der Waals surface area contributed by atoms with E-state index in [2.05, 4.69) is 20.8 Å². The predicted molar refractivity (Wildman–Crippen MR) is 123 cm³/mol. The van der Waals surface area contributed by atoms with Gasteiger partial charge in [0.15, 0.2) is 11.0 Å². The molecule has 0 radical (unpaired) electrons. The van der Waals surface area contributed by atoms with Gasteiger partial charge >= 0.3 is 6.03 Å². The maximum Gasteiger partial charge on any atom is 0.325 e. The van der Waals surface area contributed by atoms with E-state index in [1.54, 1.807) is 35.1 Å². The Labute approximate surface area is 197 Å². The summed E-state index contributed by atoms with van der Waals surface area (Å²) >= 11 is 7.09. The summed E-state index contributed by atoms with van der Waals surface area (Å²) in [5.74, 6) is -0.0322. The van der Waals surface area contributed by atoms with Crippen LogP contribution in [0.2, 0.25) is 5.02 Å². The average Bonchev–Trinajstić information content (AvgIpc) is 3.45. The summed E-state index contributed by atoms with van der Waals surface area (Å²) in [7, 11) is 0. The molecule has 2 heterocycles. The van der Waals surface area contributed by atoms with Crippen LogP contribution >= 0.6 is 23.4 Å². The predicted octanol–water partition coefficient (Wildman–Crippen LogP) is 4.82. The Morgan fingerprint density at radius 2 is 1.85 bits per heavy atom. The number of hydrogen-bond acceptors (Lipinski definition) is 6. The molecule has 0 fully saturated rings. The molecular formula is C22H17ClFN5O3S. The highest BCUT2D eigenvalue weighted by molar-refractivity contribution is 7.99. The third kappa shape index (κ3) is 5.79. The van der Waals surface area contributed by atoms with Gasteiger partial charge in [0, 0.05) is 10.6 Å². The van der Waals surface area contributed by atoms with Gasteiger partial charge in [-0.3, -0.25) is 14.7 Å². The molecule has 0 aliphatic rings. The Morgan fingerprint density at radius 3 is 2.58 bits per heavy atom. The number of nitrogens with zero attached hydrogens (tertiary/aromatic N) is 3. The molecule has 8 nitrogen and oxygen atoms in total. The number of carbonyl (C=O) groups excluding carboxylic acids is 2. The molecule has 168 valence electrons. The lowest BCUT2D eigenvalue weighted by molar-refractivity contribution is -0.117. The monoisotopic (exact) mass is 485 g/mol. The molecule has 3 amide bonds. The van der Waals surface area contributed by atoms with Gasteiger partial charge in [0.25, 0.3) is 0 Å². The lowest BCUT2D eigenvalue weighted by Gasteiger charge is -2.09. The van der Waals surface area contributed by atoms with Gasteiger partial charge in [-0.15, -0.1) is 10.2 Å². The number of para-hydroxylation sites is 1. The molecule has 0 unspecified atom stereocenters. The van der Waals surface area contributed by atoms with Crippen LogP contribution in [0, 0.1) is 5.82 Å². The first-order valence-electron chi connectivity index (χ1n) is 9.69. The Kier molecular flexibility index (Phi) is 7.06. The van der Waals surface area contributed by atoms with Gasteiger partial charge in [-0.2, -0.15) is 0 Å². The van der Waals surface area contributed by atoms with E-state index in [9.17, 15) is 14.0 Å². The molecule has 4 aromatic rings. The Balaban J connectivity index is 1.44. The zero-order chi connectivity index (χ0) is 23.2. The fourth-order valence-corrected chi connectivity index (χ4v) is 3.78. The van der Waals surface area contributed by atoms with E-state index >= 15 is 0 Å². The maximum absolute atomic E-state index is 13.7. The third-order valence-electron chi connectivity index (χ3n) is 4.42. The van der Waals surface area contributed by atoms with Crippen LogP contribution in [0.5, 0.6) is 0 Å². The van der Waals surface area contributed by atoms with E-state index in [0.29, 0.717) is 28.3 Å². The fourth-order valence-electron chi connectivity index (χ4n) is 2.92. The molecule has 2 aromatic heterocycles. The minimum absolute atomic E-state index is 0.0266.